The molecule has 0 saturated carbocycles. The Morgan fingerprint density at radius 1 is 0.804 bits per heavy atom. The van der Waals surface area contributed by atoms with E-state index in [4.69, 9.17) is 19.2 Å². The number of piperazine rings is 1. The zero-order chi connectivity index (χ0) is 31.3. The normalized spacial score (nSPS) is 13.9. The maximum absolute atomic E-state index is 13.6. The molecule has 6 aromatic rings. The zero-order valence-electron chi connectivity index (χ0n) is 25.8. The molecule has 1 fully saturated rings. The molecule has 4 aromatic carbocycles. The lowest BCUT2D eigenvalue weighted by molar-refractivity contribution is -0.133. The summed E-state index contributed by atoms with van der Waals surface area (Å²) in [6.45, 7) is 4.54. The highest BCUT2D eigenvalue weighted by Gasteiger charge is 2.30. The van der Waals surface area contributed by atoms with Crippen LogP contribution in [0.4, 0.5) is 5.82 Å². The Kier molecular flexibility index (Phi) is 8.41. The third-order valence-corrected chi connectivity index (χ3v) is 8.45. The van der Waals surface area contributed by atoms with Gasteiger partial charge in [0.1, 0.15) is 34.2 Å². The number of rotatable bonds is 9. The second-order valence-electron chi connectivity index (χ2n) is 11.5. The first-order valence-corrected chi connectivity index (χ1v) is 15.8. The summed E-state index contributed by atoms with van der Waals surface area (Å²) in [7, 11) is 0. The molecule has 1 aliphatic heterocycles. The van der Waals surface area contributed by atoms with E-state index >= 15 is 0 Å². The zero-order valence-corrected chi connectivity index (χ0v) is 25.8. The van der Waals surface area contributed by atoms with Crippen molar-refractivity contribution in [2.75, 3.05) is 31.1 Å². The number of hydrogen-bond acceptors (Lipinski definition) is 7. The van der Waals surface area contributed by atoms with Gasteiger partial charge in [-0.25, -0.2) is 4.98 Å². The van der Waals surface area contributed by atoms with Crippen molar-refractivity contribution in [2.45, 2.75) is 25.7 Å². The summed E-state index contributed by atoms with van der Waals surface area (Å²) < 4.78 is 12.0. The van der Waals surface area contributed by atoms with Crippen LogP contribution >= 0.6 is 0 Å². The van der Waals surface area contributed by atoms with Crippen molar-refractivity contribution >= 4 is 22.8 Å². The van der Waals surface area contributed by atoms with E-state index in [1.165, 1.54) is 0 Å². The number of fused-ring (bicyclic) bond motifs is 1. The number of benzene rings is 4. The number of para-hydroxylation sites is 1. The molecular formula is C38H35N5O3. The predicted molar refractivity (Wildman–Crippen MR) is 179 cm³/mol. The van der Waals surface area contributed by atoms with Gasteiger partial charge in [0.25, 0.3) is 5.71 Å². The standard InChI is InChI=1S/C38H35N5O3/c1-2-32(28-15-8-4-9-16-28)38(44)43-23-21-42(22-24-43)36-34-35(29-17-12-20-31(26-29)45-30-18-10-5-11-19-30)41-46-37(34)40-33(39-36)25-27-13-6-3-7-14-27/h3-20,26,32H,2,21-25H2,1H3. The van der Waals surface area contributed by atoms with Crippen LogP contribution in [0.3, 0.4) is 0 Å². The van der Waals surface area contributed by atoms with Gasteiger partial charge < -0.3 is 19.1 Å². The van der Waals surface area contributed by atoms with Gasteiger partial charge in [0, 0.05) is 38.2 Å². The van der Waals surface area contributed by atoms with E-state index in [1.54, 1.807) is 0 Å². The summed E-state index contributed by atoms with van der Waals surface area (Å²) >= 11 is 0. The first-order chi connectivity index (χ1) is 22.7. The Balaban J connectivity index is 1.21. The topological polar surface area (TPSA) is 84.6 Å². The minimum atomic E-state index is -0.147. The van der Waals surface area contributed by atoms with Crippen LogP contribution in [0.5, 0.6) is 11.5 Å². The second-order valence-corrected chi connectivity index (χ2v) is 11.5. The van der Waals surface area contributed by atoms with Crippen molar-refractivity contribution in [1.82, 2.24) is 20.0 Å². The quantitative estimate of drug-likeness (QED) is 0.168. The lowest BCUT2D eigenvalue weighted by Gasteiger charge is -2.37. The number of amides is 1. The van der Waals surface area contributed by atoms with E-state index in [0.29, 0.717) is 55.6 Å². The number of carbonyl (C=O) groups is 1. The van der Waals surface area contributed by atoms with Crippen LogP contribution in [0, 0.1) is 0 Å². The van der Waals surface area contributed by atoms with Crippen LogP contribution in [0.15, 0.2) is 120 Å². The first-order valence-electron chi connectivity index (χ1n) is 15.8. The fraction of sp³-hybridized carbons (Fsp3) is 0.211. The molecule has 1 aliphatic rings. The fourth-order valence-corrected chi connectivity index (χ4v) is 6.09. The molecule has 0 N–H and O–H groups in total. The van der Waals surface area contributed by atoms with E-state index in [2.05, 4.69) is 29.1 Å². The Labute approximate surface area is 268 Å². The molecule has 0 spiro atoms. The Morgan fingerprint density at radius 2 is 1.48 bits per heavy atom. The second kappa shape index (κ2) is 13.2. The minimum absolute atomic E-state index is 0.147. The van der Waals surface area contributed by atoms with Crippen molar-refractivity contribution < 1.29 is 14.1 Å². The molecule has 1 amide bonds. The molecular weight excluding hydrogens is 574 g/mol. The molecule has 1 unspecified atom stereocenters. The van der Waals surface area contributed by atoms with Gasteiger partial charge >= 0.3 is 0 Å². The molecule has 0 aliphatic carbocycles. The average molecular weight is 610 g/mol. The molecule has 1 saturated heterocycles. The Bertz CT molecular complexity index is 1920. The number of aromatic nitrogens is 3. The van der Waals surface area contributed by atoms with Crippen molar-refractivity contribution in [3.05, 3.63) is 132 Å². The van der Waals surface area contributed by atoms with Gasteiger partial charge in [-0.15, -0.1) is 0 Å². The molecule has 46 heavy (non-hydrogen) atoms. The number of ether oxygens (including phenoxy) is 1. The summed E-state index contributed by atoms with van der Waals surface area (Å²) in [6.07, 6.45) is 1.32. The summed E-state index contributed by atoms with van der Waals surface area (Å²) in [5, 5.41) is 5.26. The molecule has 8 heteroatoms. The highest BCUT2D eigenvalue weighted by Crippen LogP contribution is 2.36. The van der Waals surface area contributed by atoms with E-state index < -0.39 is 0 Å². The van der Waals surface area contributed by atoms with Crippen LogP contribution in [0.2, 0.25) is 0 Å². The first kappa shape index (κ1) is 29.2. The van der Waals surface area contributed by atoms with Crippen molar-refractivity contribution in [2.24, 2.45) is 0 Å². The molecule has 3 heterocycles. The number of carbonyl (C=O) groups excluding carboxylic acids is 1. The van der Waals surface area contributed by atoms with Gasteiger partial charge in [0.05, 0.1) is 5.92 Å². The number of hydrogen-bond donors (Lipinski definition) is 0. The number of anilines is 1. The smallest absolute Gasteiger partial charge is 0.263 e. The van der Waals surface area contributed by atoms with Gasteiger partial charge in [0.2, 0.25) is 5.91 Å². The molecule has 0 bridgehead atoms. The van der Waals surface area contributed by atoms with E-state index in [0.717, 1.165) is 40.1 Å². The van der Waals surface area contributed by atoms with E-state index in [-0.39, 0.29) is 11.8 Å². The maximum Gasteiger partial charge on any atom is 0.263 e. The van der Waals surface area contributed by atoms with Gasteiger partial charge in [-0.05, 0) is 41.8 Å². The third kappa shape index (κ3) is 6.19. The highest BCUT2D eigenvalue weighted by molar-refractivity contribution is 5.98. The van der Waals surface area contributed by atoms with Crippen LogP contribution in [-0.2, 0) is 11.2 Å². The Morgan fingerprint density at radius 3 is 2.20 bits per heavy atom. The monoisotopic (exact) mass is 609 g/mol. The molecule has 7 rings (SSSR count). The minimum Gasteiger partial charge on any atom is -0.457 e. The molecule has 0 radical (unpaired) electrons. The lowest BCUT2D eigenvalue weighted by Crippen LogP contribution is -2.50. The van der Waals surface area contributed by atoms with Crippen molar-refractivity contribution in [3.63, 3.8) is 0 Å². The average Bonchev–Trinajstić information content (AvgIpc) is 3.54. The predicted octanol–water partition coefficient (Wildman–Crippen LogP) is 7.51. The summed E-state index contributed by atoms with van der Waals surface area (Å²) in [5.74, 6) is 2.90. The summed E-state index contributed by atoms with van der Waals surface area (Å²) in [6, 6.07) is 37.7. The molecule has 8 nitrogen and oxygen atoms in total. The highest BCUT2D eigenvalue weighted by atomic mass is 16.5. The molecule has 2 aromatic heterocycles. The van der Waals surface area contributed by atoms with Gasteiger partial charge in [0.15, 0.2) is 0 Å². The largest absolute Gasteiger partial charge is 0.457 e. The van der Waals surface area contributed by atoms with Crippen molar-refractivity contribution in [3.8, 4) is 22.8 Å². The van der Waals surface area contributed by atoms with Crippen LogP contribution in [0.1, 0.15) is 36.2 Å². The molecule has 230 valence electrons. The van der Waals surface area contributed by atoms with E-state index in [9.17, 15) is 4.79 Å². The summed E-state index contributed by atoms with van der Waals surface area (Å²) in [5.41, 5.74) is 4.11. The van der Waals surface area contributed by atoms with Gasteiger partial charge in [-0.3, -0.25) is 4.79 Å². The SMILES string of the molecule is CCC(C(=O)N1CCN(c2nc(Cc3ccccc3)nc3onc(-c4cccc(Oc5ccccc5)c4)c23)CC1)c1ccccc1. The van der Waals surface area contributed by atoms with Gasteiger partial charge in [-0.2, -0.15) is 4.98 Å². The maximum atomic E-state index is 13.6. The molecule has 1 atom stereocenters. The third-order valence-electron chi connectivity index (χ3n) is 8.45. The van der Waals surface area contributed by atoms with Gasteiger partial charge in [-0.1, -0.05) is 103 Å². The van der Waals surface area contributed by atoms with Crippen LogP contribution in [-0.4, -0.2) is 52.1 Å². The Hall–Kier alpha value is -5.50. The lowest BCUT2D eigenvalue weighted by atomic mass is 9.95. The van der Waals surface area contributed by atoms with E-state index in [1.807, 2.05) is 108 Å². The van der Waals surface area contributed by atoms with Crippen molar-refractivity contribution in [1.29, 1.82) is 0 Å². The van der Waals surface area contributed by atoms with Crippen LogP contribution < -0.4 is 9.64 Å². The fourth-order valence-electron chi connectivity index (χ4n) is 6.09. The summed E-state index contributed by atoms with van der Waals surface area (Å²) in [4.78, 5) is 27.8. The van der Waals surface area contributed by atoms with Crippen LogP contribution in [0.25, 0.3) is 22.4 Å². The number of nitrogens with zero attached hydrogens (tertiary/aromatic N) is 5.